The number of carbonyl (C=O) groups is 2. The topological polar surface area (TPSA) is 52.6 Å². The van der Waals surface area contributed by atoms with Gasteiger partial charge in [-0.2, -0.15) is 0 Å². The van der Waals surface area contributed by atoms with Crippen LogP contribution in [-0.4, -0.2) is 23.1 Å². The smallest absolute Gasteiger partial charge is 0.306 e. The highest BCUT2D eigenvalue weighted by molar-refractivity contribution is 5.71. The highest BCUT2D eigenvalue weighted by Crippen LogP contribution is 2.57. The van der Waals surface area contributed by atoms with Gasteiger partial charge in [0.15, 0.2) is 0 Å². The van der Waals surface area contributed by atoms with Gasteiger partial charge in [-0.05, 0) is 72.1 Å². The zero-order valence-electron chi connectivity index (χ0n) is 15.2. The fraction of sp³-hybridized carbons (Fsp3) is 0.889. The molecule has 128 valence electrons. The molecule has 0 aliphatic heterocycles. The Hall–Kier alpha value is -1.06. The van der Waals surface area contributed by atoms with Crippen molar-refractivity contribution in [1.29, 1.82) is 0 Å². The van der Waals surface area contributed by atoms with Crippen LogP contribution >= 0.6 is 0 Å². The molecule has 4 heteroatoms. The van der Waals surface area contributed by atoms with E-state index in [2.05, 4.69) is 6.92 Å². The van der Waals surface area contributed by atoms with Gasteiger partial charge >= 0.3 is 11.9 Å². The van der Waals surface area contributed by atoms with Crippen molar-refractivity contribution in [2.75, 3.05) is 0 Å². The van der Waals surface area contributed by atoms with E-state index in [4.69, 9.17) is 9.47 Å². The lowest BCUT2D eigenvalue weighted by Gasteiger charge is -2.21. The van der Waals surface area contributed by atoms with Crippen molar-refractivity contribution < 1.29 is 19.1 Å². The molecule has 0 spiro atoms. The summed E-state index contributed by atoms with van der Waals surface area (Å²) in [5, 5.41) is 0. The number of rotatable bonds is 6. The van der Waals surface area contributed by atoms with Crippen LogP contribution in [0.25, 0.3) is 0 Å². The Labute approximate surface area is 134 Å². The fourth-order valence-corrected chi connectivity index (χ4v) is 2.76. The van der Waals surface area contributed by atoms with E-state index in [0.29, 0.717) is 18.8 Å². The molecule has 2 atom stereocenters. The summed E-state index contributed by atoms with van der Waals surface area (Å²) in [6.45, 7) is 13.4. The Morgan fingerprint density at radius 2 is 1.50 bits per heavy atom. The second-order valence-electron chi connectivity index (χ2n) is 8.80. The molecule has 0 N–H and O–H groups in total. The van der Waals surface area contributed by atoms with Crippen LogP contribution in [0.4, 0.5) is 0 Å². The van der Waals surface area contributed by atoms with Crippen LogP contribution < -0.4 is 0 Å². The molecule has 2 unspecified atom stereocenters. The van der Waals surface area contributed by atoms with E-state index in [1.807, 2.05) is 41.5 Å². The van der Waals surface area contributed by atoms with Gasteiger partial charge in [0.25, 0.3) is 0 Å². The summed E-state index contributed by atoms with van der Waals surface area (Å²) < 4.78 is 10.7. The van der Waals surface area contributed by atoms with Crippen molar-refractivity contribution in [1.82, 2.24) is 0 Å². The summed E-state index contributed by atoms with van der Waals surface area (Å²) in [5.74, 6) is 0.258. The Bertz CT molecular complexity index is 414. The summed E-state index contributed by atoms with van der Waals surface area (Å²) in [6, 6.07) is 0. The van der Waals surface area contributed by atoms with Gasteiger partial charge in [-0.1, -0.05) is 6.92 Å². The highest BCUT2D eigenvalue weighted by atomic mass is 16.6. The van der Waals surface area contributed by atoms with Crippen molar-refractivity contribution >= 4 is 11.9 Å². The zero-order chi connectivity index (χ0) is 17.2. The second-order valence-corrected chi connectivity index (χ2v) is 8.80. The van der Waals surface area contributed by atoms with E-state index in [9.17, 15) is 9.59 Å². The average molecular weight is 312 g/mol. The molecule has 1 fully saturated rings. The molecular weight excluding hydrogens is 280 g/mol. The Morgan fingerprint density at radius 1 is 1.00 bits per heavy atom. The van der Waals surface area contributed by atoms with Gasteiger partial charge in [0.2, 0.25) is 0 Å². The van der Waals surface area contributed by atoms with E-state index in [1.165, 1.54) is 0 Å². The summed E-state index contributed by atoms with van der Waals surface area (Å²) >= 11 is 0. The lowest BCUT2D eigenvalue weighted by atomic mass is 9.99. The highest BCUT2D eigenvalue weighted by Gasteiger charge is 2.50. The maximum Gasteiger partial charge on any atom is 0.306 e. The van der Waals surface area contributed by atoms with Crippen LogP contribution in [0, 0.1) is 11.3 Å². The van der Waals surface area contributed by atoms with E-state index >= 15 is 0 Å². The predicted molar refractivity (Wildman–Crippen MR) is 86.4 cm³/mol. The number of carbonyl (C=O) groups excluding carboxylic acids is 2. The molecule has 4 nitrogen and oxygen atoms in total. The van der Waals surface area contributed by atoms with Gasteiger partial charge in [0.05, 0.1) is 6.42 Å². The molecule has 0 amide bonds. The van der Waals surface area contributed by atoms with Gasteiger partial charge in [0.1, 0.15) is 11.2 Å². The molecule has 0 heterocycles. The summed E-state index contributed by atoms with van der Waals surface area (Å²) in [5.41, 5.74) is -0.785. The number of hydrogen-bond acceptors (Lipinski definition) is 4. The van der Waals surface area contributed by atoms with Crippen LogP contribution in [0.1, 0.15) is 80.6 Å². The maximum atomic E-state index is 11.9. The SMILES string of the molecule is CC(C)(C)OC(=O)CCCC1CC1(C)CC(=O)OC(C)(C)C. The van der Waals surface area contributed by atoms with Crippen molar-refractivity contribution in [3.8, 4) is 0 Å². The van der Waals surface area contributed by atoms with E-state index in [1.54, 1.807) is 0 Å². The van der Waals surface area contributed by atoms with Crippen molar-refractivity contribution in [3.05, 3.63) is 0 Å². The van der Waals surface area contributed by atoms with Crippen LogP contribution in [-0.2, 0) is 19.1 Å². The Balaban J connectivity index is 2.25. The number of ether oxygens (including phenoxy) is 2. The first-order chi connectivity index (χ1) is 9.81. The molecule has 1 aliphatic rings. The molecule has 1 aliphatic carbocycles. The molecule has 0 bridgehead atoms. The monoisotopic (exact) mass is 312 g/mol. The molecule has 0 aromatic heterocycles. The van der Waals surface area contributed by atoms with Gasteiger partial charge in [-0.3, -0.25) is 9.59 Å². The standard InChI is InChI=1S/C18H32O4/c1-16(2,3)21-14(19)10-8-9-13-11-18(13,7)12-15(20)22-17(4,5)6/h13H,8-12H2,1-7H3. The van der Waals surface area contributed by atoms with Gasteiger partial charge in [-0.25, -0.2) is 0 Å². The zero-order valence-corrected chi connectivity index (χ0v) is 15.2. The minimum Gasteiger partial charge on any atom is -0.460 e. The first kappa shape index (κ1) is 19.0. The van der Waals surface area contributed by atoms with Gasteiger partial charge in [0, 0.05) is 6.42 Å². The maximum absolute atomic E-state index is 11.9. The Morgan fingerprint density at radius 3 is 2.00 bits per heavy atom. The first-order valence-electron chi connectivity index (χ1n) is 8.24. The van der Waals surface area contributed by atoms with Gasteiger partial charge in [-0.15, -0.1) is 0 Å². The molecule has 22 heavy (non-hydrogen) atoms. The molecule has 1 saturated carbocycles. The molecule has 0 saturated heterocycles. The third-order valence-corrected chi connectivity index (χ3v) is 3.86. The second kappa shape index (κ2) is 6.59. The minimum atomic E-state index is -0.422. The van der Waals surface area contributed by atoms with Crippen LogP contribution in [0.2, 0.25) is 0 Å². The molecule has 0 aromatic rings. The summed E-state index contributed by atoms with van der Waals surface area (Å²) in [6.07, 6.45) is 3.76. The van der Waals surface area contributed by atoms with Gasteiger partial charge < -0.3 is 9.47 Å². The quantitative estimate of drug-likeness (QED) is 0.688. The predicted octanol–water partition coefficient (Wildman–Crippen LogP) is 4.26. The van der Waals surface area contributed by atoms with E-state index in [0.717, 1.165) is 19.3 Å². The lowest BCUT2D eigenvalue weighted by molar-refractivity contribution is -0.157. The molecule has 0 radical (unpaired) electrons. The van der Waals surface area contributed by atoms with Crippen LogP contribution in [0.5, 0.6) is 0 Å². The van der Waals surface area contributed by atoms with E-state index in [-0.39, 0.29) is 17.4 Å². The number of esters is 2. The summed E-state index contributed by atoms with van der Waals surface area (Å²) in [4.78, 5) is 23.6. The van der Waals surface area contributed by atoms with Crippen molar-refractivity contribution in [2.45, 2.75) is 91.8 Å². The average Bonchev–Trinajstić information content (AvgIpc) is 2.82. The lowest BCUT2D eigenvalue weighted by Crippen LogP contribution is -2.25. The van der Waals surface area contributed by atoms with E-state index < -0.39 is 11.2 Å². The summed E-state index contributed by atoms with van der Waals surface area (Å²) in [7, 11) is 0. The van der Waals surface area contributed by atoms with Crippen LogP contribution in [0.15, 0.2) is 0 Å². The van der Waals surface area contributed by atoms with Crippen molar-refractivity contribution in [3.63, 3.8) is 0 Å². The molecule has 0 aromatic carbocycles. The first-order valence-corrected chi connectivity index (χ1v) is 8.24. The molecule has 1 rings (SSSR count). The number of hydrogen-bond donors (Lipinski definition) is 0. The third-order valence-electron chi connectivity index (χ3n) is 3.86. The fourth-order valence-electron chi connectivity index (χ4n) is 2.76. The van der Waals surface area contributed by atoms with Crippen LogP contribution in [0.3, 0.4) is 0 Å². The third kappa shape index (κ3) is 7.28. The normalized spacial score (nSPS) is 24.8. The molecular formula is C18H32O4. The minimum absolute atomic E-state index is 0.0519. The Kier molecular flexibility index (Phi) is 5.69. The van der Waals surface area contributed by atoms with Crippen molar-refractivity contribution in [2.24, 2.45) is 11.3 Å². The largest absolute Gasteiger partial charge is 0.460 e.